The first-order chi connectivity index (χ1) is 12.5. The van der Waals surface area contributed by atoms with Crippen LogP contribution in [0.5, 0.6) is 11.5 Å². The number of rotatable bonds is 8. The highest BCUT2D eigenvalue weighted by atomic mass is 32.2. The van der Waals surface area contributed by atoms with Crippen LogP contribution in [-0.4, -0.2) is 52.6 Å². The molecule has 0 saturated heterocycles. The molecule has 0 spiro atoms. The summed E-state index contributed by atoms with van der Waals surface area (Å²) in [6.07, 6.45) is 2.37. The van der Waals surface area contributed by atoms with Crippen LogP contribution in [0.15, 0.2) is 23.4 Å². The van der Waals surface area contributed by atoms with Gasteiger partial charge in [0.05, 0.1) is 20.0 Å². The Morgan fingerprint density at radius 1 is 1.27 bits per heavy atom. The van der Waals surface area contributed by atoms with Crippen molar-refractivity contribution in [3.8, 4) is 11.5 Å². The van der Waals surface area contributed by atoms with E-state index in [9.17, 15) is 4.79 Å². The van der Waals surface area contributed by atoms with E-state index in [0.717, 1.165) is 16.5 Å². The van der Waals surface area contributed by atoms with Crippen molar-refractivity contribution in [1.82, 2.24) is 19.7 Å². The summed E-state index contributed by atoms with van der Waals surface area (Å²) in [7, 11) is 6.97. The molecule has 2 aromatic rings. The molecule has 1 aliphatic rings. The number of hydrogen-bond acceptors (Lipinski definition) is 6. The molecule has 0 aliphatic heterocycles. The van der Waals surface area contributed by atoms with Crippen LogP contribution in [-0.2, 0) is 18.4 Å². The van der Waals surface area contributed by atoms with Crippen molar-refractivity contribution in [1.29, 1.82) is 0 Å². The highest BCUT2D eigenvalue weighted by Crippen LogP contribution is 2.39. The molecule has 1 heterocycles. The van der Waals surface area contributed by atoms with E-state index in [1.54, 1.807) is 26.2 Å². The number of aromatic nitrogens is 3. The molecule has 3 rings (SSSR count). The van der Waals surface area contributed by atoms with Crippen LogP contribution in [0.1, 0.15) is 30.1 Å². The first-order valence-corrected chi connectivity index (χ1v) is 9.49. The first kappa shape index (κ1) is 18.6. The zero-order chi connectivity index (χ0) is 18.7. The van der Waals surface area contributed by atoms with Gasteiger partial charge in [-0.25, -0.2) is 0 Å². The van der Waals surface area contributed by atoms with Gasteiger partial charge in [-0.2, -0.15) is 0 Å². The molecule has 0 radical (unpaired) electrons. The van der Waals surface area contributed by atoms with Gasteiger partial charge in [-0.3, -0.25) is 4.79 Å². The molecule has 1 saturated carbocycles. The summed E-state index contributed by atoms with van der Waals surface area (Å²) in [5, 5.41) is 9.25. The molecule has 0 unspecified atom stereocenters. The van der Waals surface area contributed by atoms with Gasteiger partial charge in [0, 0.05) is 26.6 Å². The van der Waals surface area contributed by atoms with E-state index in [-0.39, 0.29) is 5.91 Å². The Morgan fingerprint density at radius 3 is 2.65 bits per heavy atom. The smallest absolute Gasteiger partial charge is 0.233 e. The van der Waals surface area contributed by atoms with Crippen molar-refractivity contribution in [3.63, 3.8) is 0 Å². The Bertz CT molecular complexity index is 789. The van der Waals surface area contributed by atoms with Gasteiger partial charge in [-0.1, -0.05) is 17.8 Å². The summed E-state index contributed by atoms with van der Waals surface area (Å²) >= 11 is 1.43. The average molecular weight is 376 g/mol. The molecule has 26 heavy (non-hydrogen) atoms. The highest BCUT2D eigenvalue weighted by molar-refractivity contribution is 7.99. The lowest BCUT2D eigenvalue weighted by atomic mass is 10.2. The molecule has 1 fully saturated rings. The molecular weight excluding hydrogens is 352 g/mol. The molecule has 140 valence electrons. The summed E-state index contributed by atoms with van der Waals surface area (Å²) in [4.78, 5) is 14.2. The Balaban J connectivity index is 1.56. The van der Waals surface area contributed by atoms with E-state index in [1.807, 2.05) is 29.8 Å². The minimum atomic E-state index is 0.0424. The van der Waals surface area contributed by atoms with Crippen molar-refractivity contribution in [2.45, 2.75) is 30.5 Å². The molecule has 1 amide bonds. The number of nitrogens with zero attached hydrogens (tertiary/aromatic N) is 4. The van der Waals surface area contributed by atoms with E-state index in [4.69, 9.17) is 9.47 Å². The highest BCUT2D eigenvalue weighted by Gasteiger charge is 2.29. The van der Waals surface area contributed by atoms with Gasteiger partial charge in [-0.05, 0) is 30.5 Å². The van der Waals surface area contributed by atoms with Gasteiger partial charge in [0.15, 0.2) is 16.7 Å². The zero-order valence-corrected chi connectivity index (χ0v) is 16.4. The van der Waals surface area contributed by atoms with Gasteiger partial charge in [0.2, 0.25) is 5.91 Å². The SMILES string of the molecule is COc1ccc(CN(C)C(=O)CSc2nnc(C3CC3)n2C)cc1OC. The number of thioether (sulfide) groups is 1. The maximum Gasteiger partial charge on any atom is 0.233 e. The summed E-state index contributed by atoms with van der Waals surface area (Å²) in [6, 6.07) is 5.67. The maximum absolute atomic E-state index is 12.5. The normalized spacial score (nSPS) is 13.5. The van der Waals surface area contributed by atoms with Crippen molar-refractivity contribution in [3.05, 3.63) is 29.6 Å². The quantitative estimate of drug-likeness (QED) is 0.659. The number of carbonyl (C=O) groups is 1. The number of carbonyl (C=O) groups excluding carboxylic acids is 1. The monoisotopic (exact) mass is 376 g/mol. The second-order valence-electron chi connectivity index (χ2n) is 6.40. The number of ether oxygens (including phenoxy) is 2. The van der Waals surface area contributed by atoms with Gasteiger partial charge < -0.3 is 18.9 Å². The molecule has 0 atom stereocenters. The van der Waals surface area contributed by atoms with Crippen molar-refractivity contribution >= 4 is 17.7 Å². The Morgan fingerprint density at radius 2 is 2.00 bits per heavy atom. The largest absolute Gasteiger partial charge is 0.493 e. The molecule has 1 aromatic carbocycles. The van der Waals surface area contributed by atoms with E-state index in [2.05, 4.69) is 10.2 Å². The molecule has 8 heteroatoms. The van der Waals surface area contributed by atoms with Crippen molar-refractivity contribution < 1.29 is 14.3 Å². The minimum Gasteiger partial charge on any atom is -0.493 e. The Kier molecular flexibility index (Phi) is 5.70. The number of hydrogen-bond donors (Lipinski definition) is 0. The standard InChI is InChI=1S/C18H24N4O3S/c1-21(10-12-5-8-14(24-3)15(9-12)25-4)16(23)11-26-18-20-19-17(22(18)2)13-6-7-13/h5,8-9,13H,6-7,10-11H2,1-4H3. The number of benzene rings is 1. The summed E-state index contributed by atoms with van der Waals surface area (Å²) < 4.78 is 12.6. The lowest BCUT2D eigenvalue weighted by molar-refractivity contribution is -0.127. The third-order valence-electron chi connectivity index (χ3n) is 4.43. The summed E-state index contributed by atoms with van der Waals surface area (Å²) in [6.45, 7) is 0.506. The first-order valence-electron chi connectivity index (χ1n) is 8.50. The van der Waals surface area contributed by atoms with Crippen LogP contribution >= 0.6 is 11.8 Å². The second-order valence-corrected chi connectivity index (χ2v) is 7.34. The van der Waals surface area contributed by atoms with Crippen molar-refractivity contribution in [2.75, 3.05) is 27.0 Å². The topological polar surface area (TPSA) is 69.5 Å². The van der Waals surface area contributed by atoms with Crippen LogP contribution in [0.3, 0.4) is 0 Å². The average Bonchev–Trinajstić information content (AvgIpc) is 3.42. The van der Waals surface area contributed by atoms with E-state index in [0.29, 0.717) is 29.7 Å². The molecule has 7 nitrogen and oxygen atoms in total. The van der Waals surface area contributed by atoms with Gasteiger partial charge in [0.1, 0.15) is 5.82 Å². The van der Waals surface area contributed by atoms with Crippen LogP contribution in [0.25, 0.3) is 0 Å². The molecule has 0 N–H and O–H groups in total. The fraction of sp³-hybridized carbons (Fsp3) is 0.500. The lowest BCUT2D eigenvalue weighted by Crippen LogP contribution is -2.27. The third-order valence-corrected chi connectivity index (χ3v) is 5.43. The minimum absolute atomic E-state index is 0.0424. The fourth-order valence-corrected chi connectivity index (χ4v) is 3.59. The number of amides is 1. The van der Waals surface area contributed by atoms with Gasteiger partial charge in [-0.15, -0.1) is 10.2 Å². The van der Waals surface area contributed by atoms with E-state index >= 15 is 0 Å². The van der Waals surface area contributed by atoms with Crippen LogP contribution < -0.4 is 9.47 Å². The van der Waals surface area contributed by atoms with Gasteiger partial charge in [0.25, 0.3) is 0 Å². The molecule has 0 bridgehead atoms. The maximum atomic E-state index is 12.5. The summed E-state index contributed by atoms with van der Waals surface area (Å²) in [5.74, 6) is 3.28. The predicted octanol–water partition coefficient (Wildman–Crippen LogP) is 2.46. The van der Waals surface area contributed by atoms with Crippen molar-refractivity contribution in [2.24, 2.45) is 7.05 Å². The van der Waals surface area contributed by atoms with Crippen LogP contribution in [0, 0.1) is 0 Å². The van der Waals surface area contributed by atoms with Crippen LogP contribution in [0.4, 0.5) is 0 Å². The zero-order valence-electron chi connectivity index (χ0n) is 15.6. The van der Waals surface area contributed by atoms with Gasteiger partial charge >= 0.3 is 0 Å². The fourth-order valence-electron chi connectivity index (χ4n) is 2.73. The molecule has 1 aliphatic carbocycles. The summed E-state index contributed by atoms with van der Waals surface area (Å²) in [5.41, 5.74) is 0.984. The number of methoxy groups -OCH3 is 2. The van der Waals surface area contributed by atoms with E-state index in [1.165, 1.54) is 24.6 Å². The Labute approximate surface area is 157 Å². The third kappa shape index (κ3) is 4.12. The predicted molar refractivity (Wildman–Crippen MR) is 99.7 cm³/mol. The molecule has 1 aromatic heterocycles. The Hall–Kier alpha value is -2.22. The van der Waals surface area contributed by atoms with Crippen LogP contribution in [0.2, 0.25) is 0 Å². The van der Waals surface area contributed by atoms with E-state index < -0.39 is 0 Å². The second kappa shape index (κ2) is 7.99. The lowest BCUT2D eigenvalue weighted by Gasteiger charge is -2.18. The molecular formula is C18H24N4O3S.